The van der Waals surface area contributed by atoms with Gasteiger partial charge in [-0.3, -0.25) is 0 Å². The molecule has 1 heterocycles. The SMILES string of the molecule is CN(C)c1ccc(-c2n[c]sc2C(F)(F)F)cc1C(F)(F)F. The van der Waals surface area contributed by atoms with E-state index in [1.165, 1.54) is 25.1 Å². The predicted molar refractivity (Wildman–Crippen MR) is 70.7 cm³/mol. The van der Waals surface area contributed by atoms with E-state index < -0.39 is 28.5 Å². The molecule has 0 unspecified atom stereocenters. The van der Waals surface area contributed by atoms with Crippen LogP contribution in [0.25, 0.3) is 11.3 Å². The van der Waals surface area contributed by atoms with E-state index in [0.717, 1.165) is 6.07 Å². The monoisotopic (exact) mass is 339 g/mol. The average Bonchev–Trinajstić information content (AvgIpc) is 2.85. The zero-order valence-corrected chi connectivity index (χ0v) is 12.1. The van der Waals surface area contributed by atoms with Gasteiger partial charge in [0.1, 0.15) is 4.88 Å². The van der Waals surface area contributed by atoms with Crippen LogP contribution in [0.15, 0.2) is 18.2 Å². The Morgan fingerprint density at radius 2 is 1.68 bits per heavy atom. The second-order valence-electron chi connectivity index (χ2n) is 4.60. The van der Waals surface area contributed by atoms with Crippen molar-refractivity contribution >= 4 is 17.0 Å². The Labute approximate surface area is 126 Å². The zero-order valence-electron chi connectivity index (χ0n) is 11.3. The molecule has 1 aromatic heterocycles. The van der Waals surface area contributed by atoms with Crippen LogP contribution in [0.4, 0.5) is 32.0 Å². The lowest BCUT2D eigenvalue weighted by molar-refractivity contribution is -0.137. The summed E-state index contributed by atoms with van der Waals surface area (Å²) < 4.78 is 77.8. The molecule has 0 bridgehead atoms. The number of hydrogen-bond donors (Lipinski definition) is 0. The summed E-state index contributed by atoms with van der Waals surface area (Å²) in [6.07, 6.45) is -9.38. The van der Waals surface area contributed by atoms with Gasteiger partial charge in [-0.1, -0.05) is 6.07 Å². The van der Waals surface area contributed by atoms with Crippen LogP contribution in [0.1, 0.15) is 10.4 Å². The fourth-order valence-electron chi connectivity index (χ4n) is 1.90. The van der Waals surface area contributed by atoms with Crippen LogP contribution in [-0.4, -0.2) is 19.1 Å². The van der Waals surface area contributed by atoms with Crippen molar-refractivity contribution in [2.45, 2.75) is 12.4 Å². The van der Waals surface area contributed by atoms with Crippen molar-refractivity contribution in [3.05, 3.63) is 34.2 Å². The molecule has 0 saturated carbocycles. The standard InChI is InChI=1S/C13H9F6N2S/c1-21(2)9-4-3-7(5-8(9)12(14,15)16)10-11(13(17,18)19)22-6-20-10/h3-5H,1-2H3. The number of alkyl halides is 6. The first kappa shape index (κ1) is 16.6. The molecule has 119 valence electrons. The Morgan fingerprint density at radius 3 is 2.18 bits per heavy atom. The van der Waals surface area contributed by atoms with Crippen molar-refractivity contribution in [3.63, 3.8) is 0 Å². The Hall–Kier alpha value is -1.77. The van der Waals surface area contributed by atoms with E-state index in [2.05, 4.69) is 10.5 Å². The lowest BCUT2D eigenvalue weighted by Crippen LogP contribution is -2.16. The van der Waals surface area contributed by atoms with Crippen molar-refractivity contribution in [1.29, 1.82) is 0 Å². The van der Waals surface area contributed by atoms with Gasteiger partial charge in [0.05, 0.1) is 11.3 Å². The van der Waals surface area contributed by atoms with Gasteiger partial charge in [-0.05, 0) is 12.1 Å². The fourth-order valence-corrected chi connectivity index (χ4v) is 2.51. The molecule has 0 aliphatic carbocycles. The topological polar surface area (TPSA) is 16.1 Å². The van der Waals surface area contributed by atoms with E-state index >= 15 is 0 Å². The molecule has 0 aliphatic heterocycles. The molecule has 0 amide bonds. The molecule has 1 radical (unpaired) electrons. The van der Waals surface area contributed by atoms with E-state index in [9.17, 15) is 26.3 Å². The van der Waals surface area contributed by atoms with E-state index in [4.69, 9.17) is 0 Å². The minimum Gasteiger partial charge on any atom is -0.377 e. The molecule has 0 N–H and O–H groups in total. The van der Waals surface area contributed by atoms with Gasteiger partial charge in [0.25, 0.3) is 0 Å². The molecule has 2 aromatic rings. The highest BCUT2D eigenvalue weighted by Crippen LogP contribution is 2.42. The Balaban J connectivity index is 2.62. The van der Waals surface area contributed by atoms with Gasteiger partial charge in [0.2, 0.25) is 0 Å². The lowest BCUT2D eigenvalue weighted by atomic mass is 10.0. The van der Waals surface area contributed by atoms with Gasteiger partial charge in [-0.2, -0.15) is 26.3 Å². The first-order valence-electron chi connectivity index (χ1n) is 5.85. The maximum absolute atomic E-state index is 13.1. The first-order valence-corrected chi connectivity index (χ1v) is 6.66. The van der Waals surface area contributed by atoms with Crippen molar-refractivity contribution < 1.29 is 26.3 Å². The molecule has 2 nitrogen and oxygen atoms in total. The molecule has 0 atom stereocenters. The van der Waals surface area contributed by atoms with Gasteiger partial charge in [-0.15, -0.1) is 11.3 Å². The lowest BCUT2D eigenvalue weighted by Gasteiger charge is -2.20. The summed E-state index contributed by atoms with van der Waals surface area (Å²) in [6.45, 7) is 0. The highest BCUT2D eigenvalue weighted by molar-refractivity contribution is 7.09. The third-order valence-corrected chi connectivity index (χ3v) is 3.65. The van der Waals surface area contributed by atoms with Crippen LogP contribution in [-0.2, 0) is 12.4 Å². The Bertz CT molecular complexity index is 672. The zero-order chi connectivity index (χ0) is 16.7. The summed E-state index contributed by atoms with van der Waals surface area (Å²) in [5, 5.41) is 0. The highest BCUT2D eigenvalue weighted by atomic mass is 32.1. The minimum atomic E-state index is -4.69. The third-order valence-electron chi connectivity index (χ3n) is 2.83. The van der Waals surface area contributed by atoms with Gasteiger partial charge in [0, 0.05) is 25.3 Å². The van der Waals surface area contributed by atoms with Crippen LogP contribution in [0.3, 0.4) is 0 Å². The molecular formula is C13H9F6N2S. The third kappa shape index (κ3) is 3.18. The smallest absolute Gasteiger partial charge is 0.377 e. The number of rotatable bonds is 2. The van der Waals surface area contributed by atoms with E-state index in [-0.39, 0.29) is 22.6 Å². The van der Waals surface area contributed by atoms with Gasteiger partial charge < -0.3 is 4.90 Å². The Kier molecular flexibility index (Phi) is 4.12. The summed E-state index contributed by atoms with van der Waals surface area (Å²) in [7, 11) is 2.84. The van der Waals surface area contributed by atoms with Crippen molar-refractivity contribution in [1.82, 2.24) is 4.98 Å². The molecule has 0 saturated heterocycles. The molecule has 0 fully saturated rings. The summed E-state index contributed by atoms with van der Waals surface area (Å²) >= 11 is 0.222. The average molecular weight is 339 g/mol. The summed E-state index contributed by atoms with van der Waals surface area (Å²) in [5.41, 5.74) is 0.131. The van der Waals surface area contributed by atoms with Crippen LogP contribution < -0.4 is 4.90 Å². The number of nitrogens with zero attached hydrogens (tertiary/aromatic N) is 2. The second-order valence-corrected chi connectivity index (χ2v) is 5.40. The predicted octanol–water partition coefficient (Wildman–Crippen LogP) is 4.71. The van der Waals surface area contributed by atoms with Crippen LogP contribution in [0, 0.1) is 5.51 Å². The van der Waals surface area contributed by atoms with E-state index in [1.54, 1.807) is 0 Å². The number of halogens is 6. The number of benzene rings is 1. The molecular weight excluding hydrogens is 330 g/mol. The summed E-state index contributed by atoms with van der Waals surface area (Å²) in [5.74, 6) is 0. The Morgan fingerprint density at radius 1 is 1.05 bits per heavy atom. The minimum absolute atomic E-state index is 0.135. The molecule has 9 heteroatoms. The highest BCUT2D eigenvalue weighted by Gasteiger charge is 2.38. The largest absolute Gasteiger partial charge is 0.427 e. The summed E-state index contributed by atoms with van der Waals surface area (Å²) in [6, 6.07) is 2.98. The molecule has 2 rings (SSSR count). The van der Waals surface area contributed by atoms with Crippen molar-refractivity contribution in [2.75, 3.05) is 19.0 Å². The number of thiazole rings is 1. The van der Waals surface area contributed by atoms with Gasteiger partial charge in [0.15, 0.2) is 5.51 Å². The number of aromatic nitrogens is 1. The van der Waals surface area contributed by atoms with Crippen LogP contribution >= 0.6 is 11.3 Å². The fraction of sp³-hybridized carbons (Fsp3) is 0.308. The number of anilines is 1. The molecule has 22 heavy (non-hydrogen) atoms. The van der Waals surface area contributed by atoms with Gasteiger partial charge >= 0.3 is 12.4 Å². The first-order chi connectivity index (χ1) is 10.0. The molecule has 0 aliphatic rings. The quantitative estimate of drug-likeness (QED) is 0.737. The van der Waals surface area contributed by atoms with Crippen LogP contribution in [0.5, 0.6) is 0 Å². The maximum Gasteiger partial charge on any atom is 0.427 e. The number of hydrogen-bond acceptors (Lipinski definition) is 3. The normalized spacial score (nSPS) is 12.5. The molecule has 1 aromatic carbocycles. The molecule has 0 spiro atoms. The maximum atomic E-state index is 13.1. The van der Waals surface area contributed by atoms with Crippen molar-refractivity contribution in [3.8, 4) is 11.3 Å². The van der Waals surface area contributed by atoms with E-state index in [0.29, 0.717) is 6.07 Å². The second kappa shape index (κ2) is 5.45. The van der Waals surface area contributed by atoms with Crippen LogP contribution in [0.2, 0.25) is 0 Å². The van der Waals surface area contributed by atoms with E-state index in [1.807, 2.05) is 0 Å². The van der Waals surface area contributed by atoms with Gasteiger partial charge in [-0.25, -0.2) is 4.98 Å². The summed E-state index contributed by atoms with van der Waals surface area (Å²) in [4.78, 5) is 3.61. The van der Waals surface area contributed by atoms with Crippen molar-refractivity contribution in [2.24, 2.45) is 0 Å².